The predicted molar refractivity (Wildman–Crippen MR) is 111 cm³/mol. The molecule has 0 atom stereocenters. The Bertz CT molecular complexity index is 867. The first-order chi connectivity index (χ1) is 14.0. The van der Waals surface area contributed by atoms with Gasteiger partial charge in [-0.3, -0.25) is 4.79 Å². The molecule has 4 fully saturated rings. The highest BCUT2D eigenvalue weighted by Crippen LogP contribution is 2.60. The van der Waals surface area contributed by atoms with Gasteiger partial charge in [-0.15, -0.1) is 10.2 Å². The van der Waals surface area contributed by atoms with E-state index in [0.29, 0.717) is 24.7 Å². The fraction of sp³-hybridized carbons (Fsp3) is 0.636. The van der Waals surface area contributed by atoms with E-state index in [0.717, 1.165) is 48.4 Å². The number of aryl methyl sites for hydroxylation is 2. The van der Waals surface area contributed by atoms with E-state index < -0.39 is 0 Å². The zero-order chi connectivity index (χ0) is 20.0. The van der Waals surface area contributed by atoms with Crippen LogP contribution in [0.1, 0.15) is 49.9 Å². The highest BCUT2D eigenvalue weighted by molar-refractivity contribution is 5.83. The molecule has 0 aromatic carbocycles. The molecule has 2 aromatic rings. The van der Waals surface area contributed by atoms with Crippen molar-refractivity contribution in [1.29, 1.82) is 0 Å². The Morgan fingerprint density at radius 3 is 2.31 bits per heavy atom. The lowest BCUT2D eigenvalue weighted by atomic mass is 9.49. The fourth-order valence-electron chi connectivity index (χ4n) is 6.34. The minimum Gasteiger partial charge on any atom is -0.367 e. The maximum Gasteiger partial charge on any atom is 0.226 e. The molecule has 0 radical (unpaired) electrons. The van der Waals surface area contributed by atoms with Crippen LogP contribution in [-0.4, -0.2) is 39.0 Å². The first-order valence-electron chi connectivity index (χ1n) is 10.9. The molecule has 4 aliphatic rings. The van der Waals surface area contributed by atoms with Crippen LogP contribution in [-0.2, 0) is 4.79 Å². The second-order valence-corrected chi connectivity index (χ2v) is 9.50. The van der Waals surface area contributed by atoms with Crippen molar-refractivity contribution in [3.8, 4) is 5.82 Å². The van der Waals surface area contributed by atoms with E-state index in [1.54, 1.807) is 4.68 Å². The number of hydrogen-bond acceptors (Lipinski definition) is 5. The molecule has 0 unspecified atom stereocenters. The van der Waals surface area contributed by atoms with E-state index in [9.17, 15) is 4.79 Å². The summed E-state index contributed by atoms with van der Waals surface area (Å²) in [6.45, 7) is 5.22. The Balaban J connectivity index is 1.12. The van der Waals surface area contributed by atoms with E-state index in [1.165, 1.54) is 19.3 Å². The molecule has 4 bridgehead atoms. The third-order valence-corrected chi connectivity index (χ3v) is 7.11. The Morgan fingerprint density at radius 2 is 1.76 bits per heavy atom. The second kappa shape index (κ2) is 7.11. The van der Waals surface area contributed by atoms with Gasteiger partial charge in [0.1, 0.15) is 5.82 Å². The normalized spacial score (nSPS) is 29.8. The number of rotatable bonds is 6. The van der Waals surface area contributed by atoms with Gasteiger partial charge in [-0.25, -0.2) is 4.68 Å². The van der Waals surface area contributed by atoms with Crippen molar-refractivity contribution in [3.63, 3.8) is 0 Å². The molecule has 154 valence electrons. The zero-order valence-corrected chi connectivity index (χ0v) is 17.3. The van der Waals surface area contributed by atoms with Crippen molar-refractivity contribution in [2.24, 2.45) is 23.2 Å². The first-order valence-corrected chi connectivity index (χ1v) is 10.9. The largest absolute Gasteiger partial charge is 0.367 e. The Kier molecular flexibility index (Phi) is 4.56. The summed E-state index contributed by atoms with van der Waals surface area (Å²) in [5.41, 5.74) is 1.92. The quantitative estimate of drug-likeness (QED) is 0.736. The minimum atomic E-state index is -0.0735. The summed E-state index contributed by atoms with van der Waals surface area (Å²) in [6.07, 6.45) is 7.41. The average Bonchev–Trinajstić information content (AvgIpc) is 3.02. The van der Waals surface area contributed by atoms with Gasteiger partial charge in [-0.2, -0.15) is 5.10 Å². The molecule has 2 aromatic heterocycles. The van der Waals surface area contributed by atoms with E-state index in [4.69, 9.17) is 0 Å². The van der Waals surface area contributed by atoms with Crippen molar-refractivity contribution < 1.29 is 4.79 Å². The molecule has 7 nitrogen and oxygen atoms in total. The molecule has 2 heterocycles. The summed E-state index contributed by atoms with van der Waals surface area (Å²) < 4.78 is 1.79. The summed E-state index contributed by atoms with van der Waals surface area (Å²) in [6, 6.07) is 5.82. The number of amides is 1. The number of carbonyl (C=O) groups is 1. The van der Waals surface area contributed by atoms with Gasteiger partial charge < -0.3 is 10.6 Å². The number of nitrogens with one attached hydrogen (secondary N) is 2. The Hall–Kier alpha value is -2.44. The zero-order valence-electron chi connectivity index (χ0n) is 17.3. The van der Waals surface area contributed by atoms with Crippen LogP contribution in [0.3, 0.4) is 0 Å². The number of carbonyl (C=O) groups excluding carboxylic acids is 1. The summed E-state index contributed by atoms with van der Waals surface area (Å²) in [5, 5.41) is 19.4. The topological polar surface area (TPSA) is 84.7 Å². The predicted octanol–water partition coefficient (Wildman–Crippen LogP) is 3.02. The maximum absolute atomic E-state index is 13.0. The molecule has 29 heavy (non-hydrogen) atoms. The second-order valence-electron chi connectivity index (χ2n) is 9.50. The molecule has 4 saturated carbocycles. The Morgan fingerprint density at radius 1 is 1.07 bits per heavy atom. The molecule has 6 rings (SSSR count). The monoisotopic (exact) mass is 394 g/mol. The summed E-state index contributed by atoms with van der Waals surface area (Å²) >= 11 is 0. The highest BCUT2D eigenvalue weighted by Gasteiger charge is 2.54. The van der Waals surface area contributed by atoms with E-state index >= 15 is 0 Å². The summed E-state index contributed by atoms with van der Waals surface area (Å²) in [7, 11) is 0. The van der Waals surface area contributed by atoms with Crippen LogP contribution < -0.4 is 10.6 Å². The number of anilines is 1. The third kappa shape index (κ3) is 3.51. The van der Waals surface area contributed by atoms with Crippen LogP contribution in [0.15, 0.2) is 18.2 Å². The van der Waals surface area contributed by atoms with Crippen molar-refractivity contribution in [2.75, 3.05) is 18.4 Å². The SMILES string of the molecule is Cc1cc(C)n(-c2ccc(NCCNC(=O)C34CC5CC(CC(C5)C3)C4)nn2)n1. The van der Waals surface area contributed by atoms with E-state index in [-0.39, 0.29) is 11.3 Å². The Labute approximate surface area is 171 Å². The van der Waals surface area contributed by atoms with E-state index in [2.05, 4.69) is 25.9 Å². The third-order valence-electron chi connectivity index (χ3n) is 7.11. The number of aromatic nitrogens is 4. The van der Waals surface area contributed by atoms with Crippen LogP contribution in [0.25, 0.3) is 5.82 Å². The lowest BCUT2D eigenvalue weighted by molar-refractivity contribution is -0.146. The van der Waals surface area contributed by atoms with Crippen LogP contribution in [0.4, 0.5) is 5.82 Å². The lowest BCUT2D eigenvalue weighted by Crippen LogP contribution is -2.54. The van der Waals surface area contributed by atoms with Crippen LogP contribution in [0, 0.1) is 37.0 Å². The molecule has 7 heteroatoms. The molecule has 0 saturated heterocycles. The van der Waals surface area contributed by atoms with Gasteiger partial charge in [-0.05, 0) is 88.3 Å². The number of nitrogens with zero attached hydrogens (tertiary/aromatic N) is 4. The number of hydrogen-bond donors (Lipinski definition) is 2. The van der Waals surface area contributed by atoms with Crippen molar-refractivity contribution in [1.82, 2.24) is 25.3 Å². The van der Waals surface area contributed by atoms with Crippen LogP contribution >= 0.6 is 0 Å². The molecule has 4 aliphatic carbocycles. The highest BCUT2D eigenvalue weighted by atomic mass is 16.2. The van der Waals surface area contributed by atoms with Crippen LogP contribution in [0.5, 0.6) is 0 Å². The van der Waals surface area contributed by atoms with Gasteiger partial charge in [0.15, 0.2) is 5.82 Å². The molecule has 0 spiro atoms. The molecular formula is C22H30N6O. The molecule has 0 aliphatic heterocycles. The molecular weight excluding hydrogens is 364 g/mol. The van der Waals surface area contributed by atoms with Crippen LogP contribution in [0.2, 0.25) is 0 Å². The summed E-state index contributed by atoms with van der Waals surface area (Å²) in [4.78, 5) is 13.0. The first kappa shape index (κ1) is 18.6. The maximum atomic E-state index is 13.0. The van der Waals surface area contributed by atoms with Gasteiger partial charge >= 0.3 is 0 Å². The van der Waals surface area contributed by atoms with Gasteiger partial charge in [0.2, 0.25) is 5.91 Å². The molecule has 2 N–H and O–H groups in total. The average molecular weight is 395 g/mol. The molecule has 1 amide bonds. The smallest absolute Gasteiger partial charge is 0.226 e. The van der Waals surface area contributed by atoms with E-state index in [1.807, 2.05) is 32.0 Å². The minimum absolute atomic E-state index is 0.0735. The standard InChI is InChI=1S/C22H30N6O/c1-14-7-15(2)28(27-14)20-4-3-19(25-26-20)23-5-6-24-21(29)22-11-16-8-17(12-22)10-18(9-16)13-22/h3-4,7,16-18H,5-6,8-13H2,1-2H3,(H,23,25)(H,24,29). The van der Waals surface area contributed by atoms with Crippen molar-refractivity contribution >= 4 is 11.7 Å². The van der Waals surface area contributed by atoms with Crippen molar-refractivity contribution in [3.05, 3.63) is 29.6 Å². The van der Waals surface area contributed by atoms with Crippen molar-refractivity contribution in [2.45, 2.75) is 52.4 Å². The lowest BCUT2D eigenvalue weighted by Gasteiger charge is -2.55. The summed E-state index contributed by atoms with van der Waals surface area (Å²) in [5.74, 6) is 4.07. The van der Waals surface area contributed by atoms with Gasteiger partial charge in [0.25, 0.3) is 0 Å². The van der Waals surface area contributed by atoms with Gasteiger partial charge in [0, 0.05) is 24.2 Å². The van der Waals surface area contributed by atoms with Gasteiger partial charge in [0.05, 0.1) is 5.69 Å². The fourth-order valence-corrected chi connectivity index (χ4v) is 6.34. The van der Waals surface area contributed by atoms with Gasteiger partial charge in [-0.1, -0.05) is 0 Å².